The van der Waals surface area contributed by atoms with Gasteiger partial charge in [-0.1, -0.05) is 36.4 Å². The summed E-state index contributed by atoms with van der Waals surface area (Å²) in [5, 5.41) is 3.69. The third kappa shape index (κ3) is 2.34. The Morgan fingerprint density at radius 1 is 1.19 bits per heavy atom. The molecule has 0 saturated carbocycles. The van der Waals surface area contributed by atoms with Gasteiger partial charge in [-0.15, -0.1) is 0 Å². The van der Waals surface area contributed by atoms with Crippen molar-refractivity contribution in [1.29, 1.82) is 0 Å². The molecule has 1 aliphatic carbocycles. The monoisotopic (exact) mass is 279 g/mol. The maximum atomic E-state index is 5.58. The molecule has 108 valence electrons. The van der Waals surface area contributed by atoms with Crippen LogP contribution in [0.25, 0.3) is 0 Å². The van der Waals surface area contributed by atoms with Gasteiger partial charge in [-0.2, -0.15) is 0 Å². The zero-order valence-electron chi connectivity index (χ0n) is 12.4. The first-order valence-corrected chi connectivity index (χ1v) is 7.88. The van der Waals surface area contributed by atoms with Gasteiger partial charge in [0, 0.05) is 24.9 Å². The summed E-state index contributed by atoms with van der Waals surface area (Å²) in [6.07, 6.45) is 2.26. The standard InChI is InChI=1S/C19H21NO/c1-13(14-6-7-19-16(10-14)8-9-21-19)20-12-17-11-15-4-2-3-5-18(15)17/h2-7,10,13,17,20H,8-9,11-12H2,1H3. The molecule has 21 heavy (non-hydrogen) atoms. The molecular weight excluding hydrogens is 258 g/mol. The Kier molecular flexibility index (Phi) is 3.19. The molecule has 0 aromatic heterocycles. The Bertz CT molecular complexity index is 664. The first-order valence-electron chi connectivity index (χ1n) is 7.88. The van der Waals surface area contributed by atoms with Gasteiger partial charge >= 0.3 is 0 Å². The first kappa shape index (κ1) is 12.9. The number of nitrogens with one attached hydrogen (secondary N) is 1. The zero-order valence-corrected chi connectivity index (χ0v) is 12.4. The number of rotatable bonds is 4. The Labute approximate surface area is 126 Å². The van der Waals surface area contributed by atoms with Crippen molar-refractivity contribution in [3.05, 3.63) is 64.7 Å². The molecule has 0 amide bonds. The van der Waals surface area contributed by atoms with Crippen LogP contribution in [0.2, 0.25) is 0 Å². The number of fused-ring (bicyclic) bond motifs is 2. The number of benzene rings is 2. The maximum absolute atomic E-state index is 5.58. The van der Waals surface area contributed by atoms with Crippen molar-refractivity contribution >= 4 is 0 Å². The minimum Gasteiger partial charge on any atom is -0.493 e. The zero-order chi connectivity index (χ0) is 14.2. The summed E-state index contributed by atoms with van der Waals surface area (Å²) >= 11 is 0. The van der Waals surface area contributed by atoms with Gasteiger partial charge < -0.3 is 10.1 Å². The van der Waals surface area contributed by atoms with Gasteiger partial charge in [-0.3, -0.25) is 0 Å². The van der Waals surface area contributed by atoms with E-state index in [0.717, 1.165) is 25.3 Å². The molecule has 0 spiro atoms. The van der Waals surface area contributed by atoms with Crippen molar-refractivity contribution in [2.24, 2.45) is 0 Å². The molecule has 1 aliphatic heterocycles. The van der Waals surface area contributed by atoms with E-state index in [2.05, 4.69) is 54.7 Å². The molecule has 4 rings (SSSR count). The summed E-state index contributed by atoms with van der Waals surface area (Å²) in [4.78, 5) is 0. The van der Waals surface area contributed by atoms with E-state index in [1.54, 1.807) is 0 Å². The van der Waals surface area contributed by atoms with E-state index >= 15 is 0 Å². The summed E-state index contributed by atoms with van der Waals surface area (Å²) in [7, 11) is 0. The first-order chi connectivity index (χ1) is 10.3. The van der Waals surface area contributed by atoms with Gasteiger partial charge in [-0.05, 0) is 41.7 Å². The number of hydrogen-bond donors (Lipinski definition) is 1. The molecule has 1 heterocycles. The summed E-state index contributed by atoms with van der Waals surface area (Å²) in [6.45, 7) is 4.15. The fourth-order valence-corrected chi connectivity index (χ4v) is 3.46. The van der Waals surface area contributed by atoms with E-state index in [-0.39, 0.29) is 0 Å². The van der Waals surface area contributed by atoms with Crippen molar-refractivity contribution in [2.75, 3.05) is 13.2 Å². The molecule has 0 fully saturated rings. The highest BCUT2D eigenvalue weighted by molar-refractivity contribution is 5.41. The van der Waals surface area contributed by atoms with Gasteiger partial charge in [0.15, 0.2) is 0 Å². The molecule has 2 heteroatoms. The Morgan fingerprint density at radius 2 is 2.10 bits per heavy atom. The fraction of sp³-hybridized carbons (Fsp3) is 0.368. The van der Waals surface area contributed by atoms with E-state index in [1.807, 2.05) is 0 Å². The molecule has 2 aromatic carbocycles. The Balaban J connectivity index is 1.40. The lowest BCUT2D eigenvalue weighted by molar-refractivity contribution is 0.356. The molecule has 1 N–H and O–H groups in total. The second kappa shape index (κ2) is 5.19. The molecule has 0 bridgehead atoms. The minimum absolute atomic E-state index is 0.392. The van der Waals surface area contributed by atoms with Crippen LogP contribution in [0.3, 0.4) is 0 Å². The quantitative estimate of drug-likeness (QED) is 0.923. The largest absolute Gasteiger partial charge is 0.493 e. The second-order valence-corrected chi connectivity index (χ2v) is 6.20. The molecule has 2 aromatic rings. The number of ether oxygens (including phenoxy) is 1. The SMILES string of the molecule is CC(NCC1Cc2ccccc21)c1ccc2c(c1)CCO2. The second-order valence-electron chi connectivity index (χ2n) is 6.20. The van der Waals surface area contributed by atoms with Crippen molar-refractivity contribution in [3.8, 4) is 5.75 Å². The average Bonchev–Trinajstić information content (AvgIpc) is 2.95. The molecule has 2 aliphatic rings. The van der Waals surface area contributed by atoms with Gasteiger partial charge in [-0.25, -0.2) is 0 Å². The van der Waals surface area contributed by atoms with Crippen LogP contribution >= 0.6 is 0 Å². The lowest BCUT2D eigenvalue weighted by Gasteiger charge is -2.31. The topological polar surface area (TPSA) is 21.3 Å². The summed E-state index contributed by atoms with van der Waals surface area (Å²) in [5.41, 5.74) is 5.77. The van der Waals surface area contributed by atoms with Crippen LogP contribution < -0.4 is 10.1 Å². The Hall–Kier alpha value is -1.80. The van der Waals surface area contributed by atoms with Gasteiger partial charge in [0.1, 0.15) is 5.75 Å². The van der Waals surface area contributed by atoms with Crippen LogP contribution in [0.4, 0.5) is 0 Å². The van der Waals surface area contributed by atoms with Crippen molar-refractivity contribution in [3.63, 3.8) is 0 Å². The van der Waals surface area contributed by atoms with E-state index < -0.39 is 0 Å². The predicted molar refractivity (Wildman–Crippen MR) is 84.9 cm³/mol. The van der Waals surface area contributed by atoms with Crippen LogP contribution in [0, 0.1) is 0 Å². The highest BCUT2D eigenvalue weighted by Gasteiger charge is 2.25. The highest BCUT2D eigenvalue weighted by Crippen LogP contribution is 2.34. The van der Waals surface area contributed by atoms with E-state index in [0.29, 0.717) is 12.0 Å². The summed E-state index contributed by atoms with van der Waals surface area (Å²) in [6, 6.07) is 15.8. The average molecular weight is 279 g/mol. The molecule has 0 saturated heterocycles. The smallest absolute Gasteiger partial charge is 0.122 e. The van der Waals surface area contributed by atoms with Crippen LogP contribution in [0.1, 0.15) is 41.1 Å². The Morgan fingerprint density at radius 3 is 3.00 bits per heavy atom. The lowest BCUT2D eigenvalue weighted by Crippen LogP contribution is -2.30. The van der Waals surface area contributed by atoms with Crippen LogP contribution in [-0.4, -0.2) is 13.2 Å². The van der Waals surface area contributed by atoms with Crippen LogP contribution in [0.15, 0.2) is 42.5 Å². The number of hydrogen-bond acceptors (Lipinski definition) is 2. The van der Waals surface area contributed by atoms with Gasteiger partial charge in [0.25, 0.3) is 0 Å². The van der Waals surface area contributed by atoms with Crippen molar-refractivity contribution in [1.82, 2.24) is 5.32 Å². The third-order valence-corrected chi connectivity index (χ3v) is 4.85. The fourth-order valence-electron chi connectivity index (χ4n) is 3.46. The van der Waals surface area contributed by atoms with Crippen LogP contribution in [-0.2, 0) is 12.8 Å². The lowest BCUT2D eigenvalue weighted by atomic mass is 9.77. The van der Waals surface area contributed by atoms with E-state index in [4.69, 9.17) is 4.74 Å². The molecule has 2 nitrogen and oxygen atoms in total. The van der Waals surface area contributed by atoms with Crippen molar-refractivity contribution in [2.45, 2.75) is 31.7 Å². The summed E-state index contributed by atoms with van der Waals surface area (Å²) < 4.78 is 5.58. The van der Waals surface area contributed by atoms with E-state index in [9.17, 15) is 0 Å². The molecular formula is C19H21NO. The minimum atomic E-state index is 0.392. The third-order valence-electron chi connectivity index (χ3n) is 4.85. The normalized spacial score (nSPS) is 20.1. The van der Waals surface area contributed by atoms with Gasteiger partial charge in [0.05, 0.1) is 6.61 Å². The molecule has 2 unspecified atom stereocenters. The van der Waals surface area contributed by atoms with Gasteiger partial charge in [0.2, 0.25) is 0 Å². The predicted octanol–water partition coefficient (Wildman–Crippen LogP) is 3.61. The van der Waals surface area contributed by atoms with Crippen LogP contribution in [0.5, 0.6) is 5.75 Å². The highest BCUT2D eigenvalue weighted by atomic mass is 16.5. The summed E-state index contributed by atoms with van der Waals surface area (Å²) in [5.74, 6) is 1.75. The maximum Gasteiger partial charge on any atom is 0.122 e. The molecule has 2 atom stereocenters. The van der Waals surface area contributed by atoms with Crippen molar-refractivity contribution < 1.29 is 4.74 Å². The molecule has 0 radical (unpaired) electrons. The van der Waals surface area contributed by atoms with E-state index in [1.165, 1.54) is 28.7 Å².